The van der Waals surface area contributed by atoms with E-state index in [9.17, 15) is 9.18 Å². The van der Waals surface area contributed by atoms with Crippen LogP contribution in [0.2, 0.25) is 0 Å². The predicted octanol–water partition coefficient (Wildman–Crippen LogP) is 1.89. The Morgan fingerprint density at radius 2 is 2.32 bits per heavy atom. The van der Waals surface area contributed by atoms with Crippen molar-refractivity contribution in [3.63, 3.8) is 0 Å². The van der Waals surface area contributed by atoms with Gasteiger partial charge in [0.05, 0.1) is 18.4 Å². The summed E-state index contributed by atoms with van der Waals surface area (Å²) in [6, 6.07) is 3.82. The first kappa shape index (κ1) is 13.1. The van der Waals surface area contributed by atoms with Gasteiger partial charge in [-0.15, -0.1) is 0 Å². The molecule has 6 heteroatoms. The largest absolute Gasteiger partial charge is 0.444 e. The number of carbonyl (C=O) groups is 1. The molecule has 0 saturated carbocycles. The zero-order chi connectivity index (χ0) is 13.8. The summed E-state index contributed by atoms with van der Waals surface area (Å²) in [7, 11) is 0. The van der Waals surface area contributed by atoms with Crippen LogP contribution < -0.4 is 11.1 Å². The van der Waals surface area contributed by atoms with Crippen molar-refractivity contribution in [2.45, 2.75) is 19.9 Å². The van der Waals surface area contributed by atoms with Gasteiger partial charge in [0.2, 0.25) is 5.89 Å². The number of oxazole rings is 1. The molecule has 1 aromatic carbocycles. The zero-order valence-electron chi connectivity index (χ0n) is 10.4. The number of hydrogen-bond donors (Lipinski definition) is 2. The number of rotatable bonds is 4. The standard InChI is InChI=1S/C13H14FN3O2/c1-2-9-6-16-12(19-9)7-17-13(18)8-3-4-10(14)11(15)5-8/h3-6H,2,7,15H2,1H3,(H,17,18). The summed E-state index contributed by atoms with van der Waals surface area (Å²) in [5.74, 6) is 0.287. The van der Waals surface area contributed by atoms with E-state index in [0.29, 0.717) is 11.5 Å². The topological polar surface area (TPSA) is 81.2 Å². The Morgan fingerprint density at radius 1 is 1.53 bits per heavy atom. The molecule has 0 bridgehead atoms. The van der Waals surface area contributed by atoms with Crippen LogP contribution in [0.25, 0.3) is 0 Å². The number of anilines is 1. The van der Waals surface area contributed by atoms with E-state index in [1.54, 1.807) is 6.20 Å². The van der Waals surface area contributed by atoms with Crippen LogP contribution in [0.1, 0.15) is 28.9 Å². The van der Waals surface area contributed by atoms with Crippen molar-refractivity contribution in [3.8, 4) is 0 Å². The van der Waals surface area contributed by atoms with Gasteiger partial charge < -0.3 is 15.5 Å². The number of nitrogen functional groups attached to an aromatic ring is 1. The Balaban J connectivity index is 1.99. The van der Waals surface area contributed by atoms with Crippen LogP contribution >= 0.6 is 0 Å². The quantitative estimate of drug-likeness (QED) is 0.825. The molecule has 0 radical (unpaired) electrons. The van der Waals surface area contributed by atoms with Gasteiger partial charge in [0.15, 0.2) is 0 Å². The molecular weight excluding hydrogens is 249 g/mol. The van der Waals surface area contributed by atoms with E-state index in [-0.39, 0.29) is 18.1 Å². The van der Waals surface area contributed by atoms with Crippen LogP contribution in [0.4, 0.5) is 10.1 Å². The van der Waals surface area contributed by atoms with Crippen molar-refractivity contribution >= 4 is 11.6 Å². The third-order valence-electron chi connectivity index (χ3n) is 2.61. The molecule has 5 nitrogen and oxygen atoms in total. The van der Waals surface area contributed by atoms with Crippen molar-refractivity contribution in [1.29, 1.82) is 0 Å². The van der Waals surface area contributed by atoms with Crippen LogP contribution in [0.3, 0.4) is 0 Å². The number of amides is 1. The molecule has 2 aromatic rings. The van der Waals surface area contributed by atoms with Crippen molar-refractivity contribution in [3.05, 3.63) is 47.4 Å². The number of benzene rings is 1. The highest BCUT2D eigenvalue weighted by atomic mass is 19.1. The molecule has 0 spiro atoms. The molecule has 100 valence electrons. The number of nitrogens with one attached hydrogen (secondary N) is 1. The highest BCUT2D eigenvalue weighted by Gasteiger charge is 2.09. The minimum Gasteiger partial charge on any atom is -0.444 e. The molecule has 3 N–H and O–H groups in total. The second-order valence-electron chi connectivity index (χ2n) is 3.99. The normalized spacial score (nSPS) is 10.4. The third kappa shape index (κ3) is 3.09. The summed E-state index contributed by atoms with van der Waals surface area (Å²) in [5.41, 5.74) is 5.64. The molecule has 0 atom stereocenters. The van der Waals surface area contributed by atoms with Gasteiger partial charge in [-0.05, 0) is 18.2 Å². The van der Waals surface area contributed by atoms with E-state index >= 15 is 0 Å². The van der Waals surface area contributed by atoms with Crippen LogP contribution in [-0.4, -0.2) is 10.9 Å². The Kier molecular flexibility index (Phi) is 3.79. The van der Waals surface area contributed by atoms with Crippen molar-refractivity contribution in [1.82, 2.24) is 10.3 Å². The summed E-state index contributed by atoms with van der Waals surface area (Å²) in [5, 5.41) is 2.63. The summed E-state index contributed by atoms with van der Waals surface area (Å²) < 4.78 is 18.3. The first-order valence-electron chi connectivity index (χ1n) is 5.87. The maximum atomic E-state index is 13.0. The van der Waals surface area contributed by atoms with Gasteiger partial charge in [0.1, 0.15) is 11.6 Å². The molecular formula is C13H14FN3O2. The molecule has 2 rings (SSSR count). The van der Waals surface area contributed by atoms with E-state index in [1.807, 2.05) is 6.92 Å². The fourth-order valence-corrected chi connectivity index (χ4v) is 1.54. The highest BCUT2D eigenvalue weighted by molar-refractivity contribution is 5.94. The molecule has 0 aliphatic rings. The third-order valence-corrected chi connectivity index (χ3v) is 2.61. The average Bonchev–Trinajstić information content (AvgIpc) is 2.87. The lowest BCUT2D eigenvalue weighted by molar-refractivity contribution is 0.0947. The average molecular weight is 263 g/mol. The van der Waals surface area contributed by atoms with E-state index in [4.69, 9.17) is 10.2 Å². The van der Waals surface area contributed by atoms with Crippen molar-refractivity contribution in [2.24, 2.45) is 0 Å². The molecule has 0 saturated heterocycles. The molecule has 1 aromatic heterocycles. The predicted molar refractivity (Wildman–Crippen MR) is 67.9 cm³/mol. The molecule has 1 heterocycles. The summed E-state index contributed by atoms with van der Waals surface area (Å²) in [6.07, 6.45) is 2.37. The van der Waals surface area contributed by atoms with Gasteiger partial charge in [-0.2, -0.15) is 0 Å². The van der Waals surface area contributed by atoms with Crippen LogP contribution in [0.5, 0.6) is 0 Å². The molecule has 0 aliphatic heterocycles. The second kappa shape index (κ2) is 5.51. The smallest absolute Gasteiger partial charge is 0.251 e. The van der Waals surface area contributed by atoms with Gasteiger partial charge in [-0.25, -0.2) is 9.37 Å². The molecule has 0 unspecified atom stereocenters. The zero-order valence-corrected chi connectivity index (χ0v) is 10.4. The van der Waals surface area contributed by atoms with Gasteiger partial charge in [-0.1, -0.05) is 6.92 Å². The van der Waals surface area contributed by atoms with Crippen LogP contribution in [0.15, 0.2) is 28.8 Å². The molecule has 0 aliphatic carbocycles. The van der Waals surface area contributed by atoms with Crippen LogP contribution in [-0.2, 0) is 13.0 Å². The lowest BCUT2D eigenvalue weighted by Gasteiger charge is -2.04. The number of carbonyl (C=O) groups excluding carboxylic acids is 1. The molecule has 0 fully saturated rings. The second-order valence-corrected chi connectivity index (χ2v) is 3.99. The Hall–Kier alpha value is -2.37. The summed E-state index contributed by atoms with van der Waals surface area (Å²) in [4.78, 5) is 15.8. The minimum absolute atomic E-state index is 0.0583. The number of nitrogens with zero attached hydrogens (tertiary/aromatic N) is 1. The minimum atomic E-state index is -0.545. The van der Waals surface area contributed by atoms with Gasteiger partial charge in [0, 0.05) is 12.0 Å². The maximum Gasteiger partial charge on any atom is 0.251 e. The first-order valence-corrected chi connectivity index (χ1v) is 5.87. The van der Waals surface area contributed by atoms with Crippen molar-refractivity contribution in [2.75, 3.05) is 5.73 Å². The Morgan fingerprint density at radius 3 is 2.95 bits per heavy atom. The number of aryl methyl sites for hydroxylation is 1. The van der Waals surface area contributed by atoms with E-state index in [0.717, 1.165) is 18.2 Å². The van der Waals surface area contributed by atoms with E-state index in [2.05, 4.69) is 10.3 Å². The van der Waals surface area contributed by atoms with Gasteiger partial charge >= 0.3 is 0 Å². The summed E-state index contributed by atoms with van der Waals surface area (Å²) >= 11 is 0. The number of halogens is 1. The van der Waals surface area contributed by atoms with Gasteiger partial charge in [0.25, 0.3) is 5.91 Å². The summed E-state index contributed by atoms with van der Waals surface area (Å²) in [6.45, 7) is 2.13. The lowest BCUT2D eigenvalue weighted by Crippen LogP contribution is -2.23. The lowest BCUT2D eigenvalue weighted by atomic mass is 10.2. The Bertz CT molecular complexity index is 595. The molecule has 1 amide bonds. The SMILES string of the molecule is CCc1cnc(CNC(=O)c2ccc(F)c(N)c2)o1. The number of hydrogen-bond acceptors (Lipinski definition) is 4. The van der Waals surface area contributed by atoms with E-state index in [1.165, 1.54) is 12.1 Å². The monoisotopic (exact) mass is 263 g/mol. The number of nitrogens with two attached hydrogens (primary N) is 1. The molecule has 19 heavy (non-hydrogen) atoms. The Labute approximate surface area is 109 Å². The maximum absolute atomic E-state index is 13.0. The highest BCUT2D eigenvalue weighted by Crippen LogP contribution is 2.12. The fraction of sp³-hybridized carbons (Fsp3) is 0.231. The fourth-order valence-electron chi connectivity index (χ4n) is 1.54. The first-order chi connectivity index (χ1) is 9.10. The number of aromatic nitrogens is 1. The van der Waals surface area contributed by atoms with Gasteiger partial charge in [-0.3, -0.25) is 4.79 Å². The van der Waals surface area contributed by atoms with Crippen LogP contribution in [0, 0.1) is 5.82 Å². The van der Waals surface area contributed by atoms with E-state index < -0.39 is 5.82 Å². The van der Waals surface area contributed by atoms with Crippen molar-refractivity contribution < 1.29 is 13.6 Å².